The number of rotatable bonds is 3. The molecule has 0 aromatic carbocycles. The molecule has 0 N–H and O–H groups in total. The van der Waals surface area contributed by atoms with Crippen LogP contribution in [0.25, 0.3) is 0 Å². The minimum atomic E-state index is -4.60. The van der Waals surface area contributed by atoms with Crippen LogP contribution in [0.1, 0.15) is 6.42 Å². The average Bonchev–Trinajstić information content (AvgIpc) is 2.24. The fourth-order valence-electron chi connectivity index (χ4n) is 1.15. The third-order valence-corrected chi connectivity index (χ3v) is 1.81. The van der Waals surface area contributed by atoms with Crippen LogP contribution in [-0.2, 0) is 4.79 Å². The molecule has 0 atom stereocenters. The highest BCUT2D eigenvalue weighted by atomic mass is 19.4. The number of hydrogen-bond acceptors (Lipinski definition) is 3. The van der Waals surface area contributed by atoms with Crippen molar-refractivity contribution in [2.75, 3.05) is 11.4 Å². The molecule has 0 unspecified atom stereocenters. The van der Waals surface area contributed by atoms with E-state index in [2.05, 4.69) is 4.98 Å². The lowest BCUT2D eigenvalue weighted by molar-refractivity contribution is -0.151. The van der Waals surface area contributed by atoms with Gasteiger partial charge in [-0.05, 0) is 12.1 Å². The van der Waals surface area contributed by atoms with Crippen molar-refractivity contribution in [1.82, 2.24) is 4.98 Å². The lowest BCUT2D eigenvalue weighted by Gasteiger charge is -2.19. The van der Waals surface area contributed by atoms with E-state index in [0.29, 0.717) is 4.90 Å². The molecule has 1 amide bonds. The summed E-state index contributed by atoms with van der Waals surface area (Å²) in [5, 5.41) is 8.49. The van der Waals surface area contributed by atoms with Crippen molar-refractivity contribution in [3.63, 3.8) is 0 Å². The second-order valence-electron chi connectivity index (χ2n) is 3.12. The third-order valence-electron chi connectivity index (χ3n) is 1.81. The number of carbonyl (C=O) groups excluding carboxylic acids is 1. The van der Waals surface area contributed by atoms with E-state index in [0.717, 1.165) is 0 Å². The van der Waals surface area contributed by atoms with Crippen LogP contribution in [0.5, 0.6) is 0 Å². The SMILES string of the molecule is N#CCN(C(=O)CC(F)(F)F)c1ccccn1. The summed E-state index contributed by atoms with van der Waals surface area (Å²) in [7, 11) is 0. The van der Waals surface area contributed by atoms with Gasteiger partial charge in [0, 0.05) is 6.20 Å². The number of amides is 1. The van der Waals surface area contributed by atoms with E-state index in [1.807, 2.05) is 0 Å². The van der Waals surface area contributed by atoms with E-state index in [9.17, 15) is 18.0 Å². The zero-order valence-electron chi connectivity index (χ0n) is 8.61. The molecule has 0 aliphatic carbocycles. The Hall–Kier alpha value is -2.10. The van der Waals surface area contributed by atoms with Crippen molar-refractivity contribution in [3.8, 4) is 6.07 Å². The number of nitriles is 1. The monoisotopic (exact) mass is 243 g/mol. The van der Waals surface area contributed by atoms with Crippen molar-refractivity contribution in [3.05, 3.63) is 24.4 Å². The summed E-state index contributed by atoms with van der Waals surface area (Å²) >= 11 is 0. The van der Waals surface area contributed by atoms with Gasteiger partial charge in [0.2, 0.25) is 5.91 Å². The molecule has 90 valence electrons. The first-order chi connectivity index (χ1) is 7.94. The summed E-state index contributed by atoms with van der Waals surface area (Å²) < 4.78 is 36.2. The van der Waals surface area contributed by atoms with Gasteiger partial charge in [-0.2, -0.15) is 18.4 Å². The molecule has 0 bridgehead atoms. The molecule has 0 fully saturated rings. The van der Waals surface area contributed by atoms with E-state index in [4.69, 9.17) is 5.26 Å². The number of pyridine rings is 1. The molecule has 0 saturated heterocycles. The fraction of sp³-hybridized carbons (Fsp3) is 0.300. The largest absolute Gasteiger partial charge is 0.397 e. The number of halogens is 3. The predicted molar refractivity (Wildman–Crippen MR) is 52.9 cm³/mol. The molecule has 1 heterocycles. The second kappa shape index (κ2) is 5.30. The van der Waals surface area contributed by atoms with Crippen LogP contribution < -0.4 is 4.90 Å². The van der Waals surface area contributed by atoms with Gasteiger partial charge < -0.3 is 0 Å². The maximum absolute atomic E-state index is 12.1. The van der Waals surface area contributed by atoms with Crippen molar-refractivity contribution >= 4 is 11.7 Å². The summed E-state index contributed by atoms with van der Waals surface area (Å²) in [5.41, 5.74) is 0. The van der Waals surface area contributed by atoms with Gasteiger partial charge in [0.05, 0.1) is 6.07 Å². The highest BCUT2D eigenvalue weighted by Gasteiger charge is 2.34. The first-order valence-electron chi connectivity index (χ1n) is 4.59. The second-order valence-corrected chi connectivity index (χ2v) is 3.12. The molecular formula is C10H8F3N3O. The average molecular weight is 243 g/mol. The summed E-state index contributed by atoms with van der Waals surface area (Å²) in [6.07, 6.45) is -4.87. The Morgan fingerprint density at radius 2 is 2.18 bits per heavy atom. The lowest BCUT2D eigenvalue weighted by Crippen LogP contribution is -2.35. The van der Waals surface area contributed by atoms with E-state index in [1.165, 1.54) is 18.3 Å². The van der Waals surface area contributed by atoms with Crippen molar-refractivity contribution in [2.45, 2.75) is 12.6 Å². The van der Waals surface area contributed by atoms with Gasteiger partial charge in [-0.15, -0.1) is 0 Å². The molecule has 0 spiro atoms. The standard InChI is InChI=1S/C10H8F3N3O/c11-10(12,13)7-9(17)16(6-4-14)8-3-1-2-5-15-8/h1-3,5H,6-7H2. The molecule has 1 aromatic rings. The number of hydrogen-bond donors (Lipinski definition) is 0. The van der Waals surface area contributed by atoms with Crippen LogP contribution in [-0.4, -0.2) is 23.6 Å². The van der Waals surface area contributed by atoms with E-state index in [1.54, 1.807) is 12.1 Å². The van der Waals surface area contributed by atoms with Gasteiger partial charge in [0.15, 0.2) is 0 Å². The van der Waals surface area contributed by atoms with Crippen LogP contribution in [0.2, 0.25) is 0 Å². The van der Waals surface area contributed by atoms with Crippen LogP contribution in [0.4, 0.5) is 19.0 Å². The molecule has 0 radical (unpaired) electrons. The van der Waals surface area contributed by atoms with Gasteiger partial charge in [-0.3, -0.25) is 9.69 Å². The first kappa shape index (κ1) is 13.0. The van der Waals surface area contributed by atoms with Crippen LogP contribution in [0, 0.1) is 11.3 Å². The topological polar surface area (TPSA) is 57.0 Å². The molecule has 0 aliphatic heterocycles. The highest BCUT2D eigenvalue weighted by molar-refractivity contribution is 5.93. The first-order valence-corrected chi connectivity index (χ1v) is 4.59. The number of anilines is 1. The van der Waals surface area contributed by atoms with Gasteiger partial charge in [-0.25, -0.2) is 4.98 Å². The summed E-state index contributed by atoms with van der Waals surface area (Å²) in [6, 6.07) is 6.08. The van der Waals surface area contributed by atoms with Gasteiger partial charge >= 0.3 is 6.18 Å². The quantitative estimate of drug-likeness (QED) is 0.762. The number of nitrogens with zero attached hydrogens (tertiary/aromatic N) is 3. The zero-order valence-corrected chi connectivity index (χ0v) is 8.61. The Morgan fingerprint density at radius 1 is 1.47 bits per heavy atom. The Balaban J connectivity index is 2.88. The lowest BCUT2D eigenvalue weighted by atomic mass is 10.3. The summed E-state index contributed by atoms with van der Waals surface area (Å²) in [4.78, 5) is 15.8. The minimum Gasteiger partial charge on any atom is -0.282 e. The molecule has 4 nitrogen and oxygen atoms in total. The summed E-state index contributed by atoms with van der Waals surface area (Å²) in [6.45, 7) is -0.466. The minimum absolute atomic E-state index is 0.0308. The van der Waals surface area contributed by atoms with Gasteiger partial charge in [0.1, 0.15) is 18.8 Å². The fourth-order valence-corrected chi connectivity index (χ4v) is 1.15. The maximum Gasteiger partial charge on any atom is 0.397 e. The predicted octanol–water partition coefficient (Wildman–Crippen LogP) is 1.89. The highest BCUT2D eigenvalue weighted by Crippen LogP contribution is 2.22. The molecule has 1 aromatic heterocycles. The molecule has 7 heteroatoms. The third kappa shape index (κ3) is 4.10. The van der Waals surface area contributed by atoms with Gasteiger partial charge in [-0.1, -0.05) is 6.07 Å². The van der Waals surface area contributed by atoms with E-state index >= 15 is 0 Å². The van der Waals surface area contributed by atoms with Crippen molar-refractivity contribution in [2.24, 2.45) is 0 Å². The van der Waals surface area contributed by atoms with Crippen molar-refractivity contribution in [1.29, 1.82) is 5.26 Å². The number of carbonyl (C=O) groups is 1. The van der Waals surface area contributed by atoms with E-state index < -0.39 is 25.0 Å². The molecular weight excluding hydrogens is 235 g/mol. The maximum atomic E-state index is 12.1. The number of aromatic nitrogens is 1. The smallest absolute Gasteiger partial charge is 0.282 e. The molecule has 1 rings (SSSR count). The van der Waals surface area contributed by atoms with Crippen LogP contribution >= 0.6 is 0 Å². The van der Waals surface area contributed by atoms with Crippen LogP contribution in [0.3, 0.4) is 0 Å². The van der Waals surface area contributed by atoms with Crippen LogP contribution in [0.15, 0.2) is 24.4 Å². The van der Waals surface area contributed by atoms with E-state index in [-0.39, 0.29) is 5.82 Å². The number of alkyl halides is 3. The summed E-state index contributed by atoms with van der Waals surface area (Å²) in [5.74, 6) is -1.17. The molecule has 0 saturated carbocycles. The Morgan fingerprint density at radius 3 is 2.65 bits per heavy atom. The molecule has 17 heavy (non-hydrogen) atoms. The van der Waals surface area contributed by atoms with Gasteiger partial charge in [0.25, 0.3) is 0 Å². The normalized spacial score (nSPS) is 10.7. The Kier molecular flexibility index (Phi) is 4.04. The zero-order chi connectivity index (χ0) is 12.9. The Bertz CT molecular complexity index is 425. The Labute approximate surface area is 95.3 Å². The van der Waals surface area contributed by atoms with Crippen molar-refractivity contribution < 1.29 is 18.0 Å². The molecule has 0 aliphatic rings.